The number of nitrogens with one attached hydrogen (secondary N) is 2. The van der Waals surface area contributed by atoms with Crippen LogP contribution in [0.1, 0.15) is 18.9 Å². The molecule has 8 heteroatoms. The number of guanidine groups is 1. The van der Waals surface area contributed by atoms with Gasteiger partial charge in [-0.2, -0.15) is 13.2 Å². The van der Waals surface area contributed by atoms with Crippen LogP contribution in [0.25, 0.3) is 0 Å². The van der Waals surface area contributed by atoms with E-state index in [4.69, 9.17) is 0 Å². The van der Waals surface area contributed by atoms with E-state index in [1.165, 1.54) is 12.1 Å². The Morgan fingerprint density at radius 3 is 2.42 bits per heavy atom. The van der Waals surface area contributed by atoms with E-state index in [0.717, 1.165) is 18.5 Å². The van der Waals surface area contributed by atoms with Crippen LogP contribution in [0.3, 0.4) is 0 Å². The molecule has 0 aliphatic heterocycles. The minimum absolute atomic E-state index is 0. The maximum absolute atomic E-state index is 12.1. The number of rotatable bonds is 7. The molecule has 0 fully saturated rings. The van der Waals surface area contributed by atoms with Crippen molar-refractivity contribution in [1.82, 2.24) is 10.6 Å². The number of halogens is 4. The molecule has 2 N–H and O–H groups in total. The largest absolute Gasteiger partial charge is 0.484 e. The molecule has 1 aromatic carbocycles. The number of ether oxygens (including phenoxy) is 1. The molecule has 1 rings (SSSR count). The Kier molecular flexibility index (Phi) is 11.3. The van der Waals surface area contributed by atoms with Crippen molar-refractivity contribution in [3.63, 3.8) is 0 Å². The molecule has 0 heterocycles. The standard InChI is InChI=1S/C16H22F3N3O.HI/c1-3-4-5-10-21-15(20-2)22-11-13-6-8-14(9-7-13)23-12-16(17,18)19;/h3-4,6-9H,5,10-12H2,1-2H3,(H2,20,21,22);1H/b4-3+;. The Morgan fingerprint density at radius 1 is 1.21 bits per heavy atom. The second-order valence-corrected chi connectivity index (χ2v) is 4.76. The summed E-state index contributed by atoms with van der Waals surface area (Å²) in [6, 6.07) is 6.47. The lowest BCUT2D eigenvalue weighted by Gasteiger charge is -2.12. The Bertz CT molecular complexity index is 516. The second-order valence-electron chi connectivity index (χ2n) is 4.76. The molecule has 0 amide bonds. The van der Waals surface area contributed by atoms with Crippen molar-refractivity contribution in [2.45, 2.75) is 26.1 Å². The van der Waals surface area contributed by atoms with Gasteiger partial charge in [0, 0.05) is 20.1 Å². The quantitative estimate of drug-likeness (QED) is 0.215. The van der Waals surface area contributed by atoms with E-state index in [0.29, 0.717) is 12.5 Å². The first-order valence-corrected chi connectivity index (χ1v) is 7.29. The number of nitrogens with zero attached hydrogens (tertiary/aromatic N) is 1. The average molecular weight is 457 g/mol. The Hall–Kier alpha value is -1.45. The molecule has 0 saturated carbocycles. The monoisotopic (exact) mass is 457 g/mol. The summed E-state index contributed by atoms with van der Waals surface area (Å²) in [6.07, 6.45) is 0.619. The summed E-state index contributed by atoms with van der Waals surface area (Å²) in [5, 5.41) is 6.29. The van der Waals surface area contributed by atoms with Gasteiger partial charge in [0.25, 0.3) is 0 Å². The number of alkyl halides is 3. The van der Waals surface area contributed by atoms with Gasteiger partial charge in [-0.25, -0.2) is 0 Å². The third-order valence-electron chi connectivity index (χ3n) is 2.85. The smallest absolute Gasteiger partial charge is 0.422 e. The van der Waals surface area contributed by atoms with Crippen LogP contribution in [-0.4, -0.2) is 32.3 Å². The zero-order valence-electron chi connectivity index (χ0n) is 13.7. The van der Waals surface area contributed by atoms with Gasteiger partial charge in [-0.3, -0.25) is 4.99 Å². The summed E-state index contributed by atoms with van der Waals surface area (Å²) in [5.41, 5.74) is 0.917. The van der Waals surface area contributed by atoms with Gasteiger partial charge in [0.05, 0.1) is 0 Å². The topological polar surface area (TPSA) is 45.7 Å². The van der Waals surface area contributed by atoms with Gasteiger partial charge in [0.1, 0.15) is 5.75 Å². The number of allylic oxidation sites excluding steroid dienone is 1. The summed E-state index contributed by atoms with van der Waals surface area (Å²) in [5.74, 6) is 0.867. The van der Waals surface area contributed by atoms with Crippen LogP contribution in [0, 0.1) is 0 Å². The van der Waals surface area contributed by atoms with Crippen molar-refractivity contribution in [3.05, 3.63) is 42.0 Å². The predicted octanol–water partition coefficient (Wildman–Crippen LogP) is 3.88. The van der Waals surface area contributed by atoms with Crippen molar-refractivity contribution in [2.24, 2.45) is 4.99 Å². The van der Waals surface area contributed by atoms with E-state index in [9.17, 15) is 13.2 Å². The van der Waals surface area contributed by atoms with E-state index < -0.39 is 12.8 Å². The first kappa shape index (κ1) is 22.6. The summed E-state index contributed by atoms with van der Waals surface area (Å²) < 4.78 is 40.8. The fourth-order valence-electron chi connectivity index (χ4n) is 1.72. The van der Waals surface area contributed by atoms with Crippen LogP contribution < -0.4 is 15.4 Å². The molecule has 4 nitrogen and oxygen atoms in total. The lowest BCUT2D eigenvalue weighted by Crippen LogP contribution is -2.37. The van der Waals surface area contributed by atoms with Crippen molar-refractivity contribution >= 4 is 29.9 Å². The van der Waals surface area contributed by atoms with Gasteiger partial charge < -0.3 is 15.4 Å². The molecule has 1 aromatic rings. The van der Waals surface area contributed by atoms with Gasteiger partial charge in [-0.05, 0) is 31.0 Å². The first-order valence-electron chi connectivity index (χ1n) is 7.29. The Labute approximate surface area is 157 Å². The Balaban J connectivity index is 0.00000529. The molecule has 0 aliphatic rings. The minimum atomic E-state index is -4.33. The average Bonchev–Trinajstić information content (AvgIpc) is 2.52. The molecule has 0 aliphatic carbocycles. The Morgan fingerprint density at radius 2 is 1.88 bits per heavy atom. The molecule has 0 atom stereocenters. The second kappa shape index (κ2) is 12.0. The molecule has 24 heavy (non-hydrogen) atoms. The van der Waals surface area contributed by atoms with E-state index >= 15 is 0 Å². The summed E-state index contributed by atoms with van der Waals surface area (Å²) >= 11 is 0. The zero-order chi connectivity index (χ0) is 17.1. The fraction of sp³-hybridized carbons (Fsp3) is 0.438. The lowest BCUT2D eigenvalue weighted by atomic mass is 10.2. The van der Waals surface area contributed by atoms with Crippen LogP contribution in [0.15, 0.2) is 41.4 Å². The summed E-state index contributed by atoms with van der Waals surface area (Å²) in [6.45, 7) is 1.97. The molecule has 0 unspecified atom stereocenters. The van der Waals surface area contributed by atoms with E-state index in [1.807, 2.05) is 13.0 Å². The van der Waals surface area contributed by atoms with E-state index in [-0.39, 0.29) is 29.7 Å². The number of aliphatic imine (C=N–C) groups is 1. The molecule has 0 aromatic heterocycles. The van der Waals surface area contributed by atoms with Crippen LogP contribution in [-0.2, 0) is 6.54 Å². The first-order chi connectivity index (χ1) is 10.9. The third kappa shape index (κ3) is 10.3. The summed E-state index contributed by atoms with van der Waals surface area (Å²) in [7, 11) is 1.68. The van der Waals surface area contributed by atoms with Crippen LogP contribution in [0.5, 0.6) is 5.75 Å². The fourth-order valence-corrected chi connectivity index (χ4v) is 1.72. The van der Waals surface area contributed by atoms with Gasteiger partial charge in [-0.1, -0.05) is 24.3 Å². The number of hydrogen-bond acceptors (Lipinski definition) is 2. The zero-order valence-corrected chi connectivity index (χ0v) is 16.0. The highest BCUT2D eigenvalue weighted by atomic mass is 127. The van der Waals surface area contributed by atoms with Crippen molar-refractivity contribution in [3.8, 4) is 5.75 Å². The van der Waals surface area contributed by atoms with Gasteiger partial charge in [0.2, 0.25) is 0 Å². The number of hydrogen-bond donors (Lipinski definition) is 2. The van der Waals surface area contributed by atoms with Crippen molar-refractivity contribution < 1.29 is 17.9 Å². The molecule has 0 radical (unpaired) electrons. The van der Waals surface area contributed by atoms with E-state index in [2.05, 4.69) is 26.4 Å². The predicted molar refractivity (Wildman–Crippen MR) is 101 cm³/mol. The highest BCUT2D eigenvalue weighted by molar-refractivity contribution is 14.0. The lowest BCUT2D eigenvalue weighted by molar-refractivity contribution is -0.153. The van der Waals surface area contributed by atoms with Crippen LogP contribution >= 0.6 is 24.0 Å². The summed E-state index contributed by atoms with van der Waals surface area (Å²) in [4.78, 5) is 4.10. The molecular weight excluding hydrogens is 434 g/mol. The van der Waals surface area contributed by atoms with Gasteiger partial charge >= 0.3 is 6.18 Å². The maximum Gasteiger partial charge on any atom is 0.422 e. The van der Waals surface area contributed by atoms with Gasteiger partial charge in [-0.15, -0.1) is 24.0 Å². The SMILES string of the molecule is C/C=C/CCNC(=NC)NCc1ccc(OCC(F)(F)F)cc1.I. The minimum Gasteiger partial charge on any atom is -0.484 e. The van der Waals surface area contributed by atoms with E-state index in [1.54, 1.807) is 19.2 Å². The maximum atomic E-state index is 12.1. The number of benzene rings is 1. The van der Waals surface area contributed by atoms with Crippen molar-refractivity contribution in [1.29, 1.82) is 0 Å². The highest BCUT2D eigenvalue weighted by Crippen LogP contribution is 2.18. The molecular formula is C16H23F3IN3O. The van der Waals surface area contributed by atoms with Crippen LogP contribution in [0.4, 0.5) is 13.2 Å². The van der Waals surface area contributed by atoms with Crippen molar-refractivity contribution in [2.75, 3.05) is 20.2 Å². The molecule has 0 saturated heterocycles. The molecule has 0 spiro atoms. The highest BCUT2D eigenvalue weighted by Gasteiger charge is 2.28. The van der Waals surface area contributed by atoms with Crippen LogP contribution in [0.2, 0.25) is 0 Å². The van der Waals surface area contributed by atoms with Gasteiger partial charge in [0.15, 0.2) is 12.6 Å². The molecule has 0 bridgehead atoms. The molecule has 136 valence electrons. The third-order valence-corrected chi connectivity index (χ3v) is 2.85. The normalized spacial score (nSPS) is 12.0.